The molecule has 0 unspecified atom stereocenters. The zero-order chi connectivity index (χ0) is 15.2. The predicted molar refractivity (Wildman–Crippen MR) is 80.0 cm³/mol. The quantitative estimate of drug-likeness (QED) is 0.650. The molecule has 0 radical (unpaired) electrons. The van der Waals surface area contributed by atoms with Gasteiger partial charge in [-0.05, 0) is 31.0 Å². The number of β-amino-alcohol motifs (C(OH)–C–C–N with tert-alkyl or cyclic N) is 1. The Morgan fingerprint density at radius 1 is 1.57 bits per heavy atom. The zero-order valence-corrected chi connectivity index (χ0v) is 12.5. The largest absolute Gasteiger partial charge is 0.494 e. The third-order valence-electron chi connectivity index (χ3n) is 3.43. The summed E-state index contributed by atoms with van der Waals surface area (Å²) in [6, 6.07) is 4.84. The van der Waals surface area contributed by atoms with Crippen molar-refractivity contribution in [3.63, 3.8) is 0 Å². The van der Waals surface area contributed by atoms with E-state index in [4.69, 9.17) is 4.74 Å². The van der Waals surface area contributed by atoms with E-state index in [0.29, 0.717) is 13.1 Å². The highest BCUT2D eigenvalue weighted by Gasteiger charge is 2.22. The molecule has 0 spiro atoms. The number of rotatable bonds is 4. The van der Waals surface area contributed by atoms with E-state index in [1.165, 1.54) is 13.2 Å². The van der Waals surface area contributed by atoms with Crippen molar-refractivity contribution in [2.24, 2.45) is 4.99 Å². The molecule has 1 aliphatic rings. The number of aliphatic hydroxyl groups excluding tert-OH is 1. The molecule has 2 N–H and O–H groups in total. The molecule has 1 fully saturated rings. The topological polar surface area (TPSA) is 57.1 Å². The molecule has 116 valence electrons. The summed E-state index contributed by atoms with van der Waals surface area (Å²) in [5, 5.41) is 12.8. The molecule has 2 rings (SSSR count). The molecule has 5 nitrogen and oxygen atoms in total. The molecule has 1 atom stereocenters. The maximum Gasteiger partial charge on any atom is 0.194 e. The van der Waals surface area contributed by atoms with Crippen LogP contribution in [0.1, 0.15) is 18.9 Å². The van der Waals surface area contributed by atoms with Crippen molar-refractivity contribution >= 4 is 5.96 Å². The van der Waals surface area contributed by atoms with Crippen LogP contribution in [0.5, 0.6) is 5.75 Å². The van der Waals surface area contributed by atoms with Crippen LogP contribution in [0.2, 0.25) is 0 Å². The Morgan fingerprint density at radius 3 is 2.95 bits per heavy atom. The maximum absolute atomic E-state index is 13.6. The van der Waals surface area contributed by atoms with Crippen molar-refractivity contribution in [2.75, 3.05) is 26.7 Å². The summed E-state index contributed by atoms with van der Waals surface area (Å²) in [6.07, 6.45) is 0.453. The Labute approximate surface area is 124 Å². The number of guanidine groups is 1. The lowest BCUT2D eigenvalue weighted by Gasteiger charge is -2.20. The van der Waals surface area contributed by atoms with Gasteiger partial charge in [0.25, 0.3) is 0 Å². The van der Waals surface area contributed by atoms with E-state index in [1.54, 1.807) is 12.1 Å². The molecule has 1 aromatic rings. The molecular weight excluding hydrogens is 273 g/mol. The second-order valence-electron chi connectivity index (χ2n) is 5.03. The highest BCUT2D eigenvalue weighted by atomic mass is 19.1. The number of nitrogens with one attached hydrogen (secondary N) is 1. The zero-order valence-electron chi connectivity index (χ0n) is 12.5. The number of aliphatic hydroxyl groups is 1. The van der Waals surface area contributed by atoms with Gasteiger partial charge < -0.3 is 20.1 Å². The van der Waals surface area contributed by atoms with Gasteiger partial charge in [-0.1, -0.05) is 6.07 Å². The summed E-state index contributed by atoms with van der Waals surface area (Å²) >= 11 is 0. The molecule has 6 heteroatoms. The summed E-state index contributed by atoms with van der Waals surface area (Å²) in [7, 11) is 1.44. The Balaban J connectivity index is 2.06. The molecule has 0 aromatic heterocycles. The van der Waals surface area contributed by atoms with E-state index in [9.17, 15) is 9.50 Å². The van der Waals surface area contributed by atoms with Crippen molar-refractivity contribution < 1.29 is 14.2 Å². The molecule has 21 heavy (non-hydrogen) atoms. The van der Waals surface area contributed by atoms with Gasteiger partial charge in [-0.15, -0.1) is 0 Å². The van der Waals surface area contributed by atoms with Crippen LogP contribution in [0, 0.1) is 5.82 Å². The van der Waals surface area contributed by atoms with Crippen LogP contribution < -0.4 is 10.1 Å². The van der Waals surface area contributed by atoms with Crippen LogP contribution in [-0.4, -0.2) is 48.8 Å². The highest BCUT2D eigenvalue weighted by molar-refractivity contribution is 5.80. The number of benzene rings is 1. The van der Waals surface area contributed by atoms with Gasteiger partial charge in [0.05, 0.1) is 19.8 Å². The van der Waals surface area contributed by atoms with Crippen LogP contribution in [0.3, 0.4) is 0 Å². The minimum atomic E-state index is -0.383. The van der Waals surface area contributed by atoms with Crippen molar-refractivity contribution in [1.29, 1.82) is 0 Å². The first kappa shape index (κ1) is 15.6. The van der Waals surface area contributed by atoms with Crippen molar-refractivity contribution in [2.45, 2.75) is 26.0 Å². The van der Waals surface area contributed by atoms with Crippen molar-refractivity contribution in [3.05, 3.63) is 29.6 Å². The SMILES string of the molecule is CCNC(=NCc1ccc(OC)c(F)c1)N1CC[C@@H](O)C1. The van der Waals surface area contributed by atoms with Gasteiger partial charge in [0.15, 0.2) is 17.5 Å². The van der Waals surface area contributed by atoms with Gasteiger partial charge >= 0.3 is 0 Å². The number of nitrogens with zero attached hydrogens (tertiary/aromatic N) is 2. The van der Waals surface area contributed by atoms with Gasteiger partial charge in [0.1, 0.15) is 0 Å². The first-order chi connectivity index (χ1) is 10.1. The molecule has 0 amide bonds. The summed E-state index contributed by atoms with van der Waals surface area (Å²) in [5.41, 5.74) is 0.781. The number of ether oxygens (including phenoxy) is 1. The summed E-state index contributed by atoms with van der Waals surface area (Å²) in [5.74, 6) is 0.606. The van der Waals surface area contributed by atoms with Crippen molar-refractivity contribution in [1.82, 2.24) is 10.2 Å². The van der Waals surface area contributed by atoms with Gasteiger partial charge in [-0.2, -0.15) is 0 Å². The van der Waals surface area contributed by atoms with E-state index >= 15 is 0 Å². The van der Waals surface area contributed by atoms with E-state index in [1.807, 2.05) is 11.8 Å². The Morgan fingerprint density at radius 2 is 2.38 bits per heavy atom. The van der Waals surface area contributed by atoms with Crippen LogP contribution in [-0.2, 0) is 6.54 Å². The fraction of sp³-hybridized carbons (Fsp3) is 0.533. The highest BCUT2D eigenvalue weighted by Crippen LogP contribution is 2.18. The van der Waals surface area contributed by atoms with E-state index in [-0.39, 0.29) is 17.7 Å². The molecule has 1 heterocycles. The second kappa shape index (κ2) is 7.26. The first-order valence-electron chi connectivity index (χ1n) is 7.17. The van der Waals surface area contributed by atoms with Crippen LogP contribution in [0.4, 0.5) is 4.39 Å². The lowest BCUT2D eigenvalue weighted by Crippen LogP contribution is -2.40. The number of likely N-dealkylation sites (tertiary alicyclic amines) is 1. The number of methoxy groups -OCH3 is 1. The van der Waals surface area contributed by atoms with E-state index in [2.05, 4.69) is 10.3 Å². The van der Waals surface area contributed by atoms with Gasteiger partial charge in [0, 0.05) is 19.6 Å². The van der Waals surface area contributed by atoms with Crippen molar-refractivity contribution in [3.8, 4) is 5.75 Å². The molecule has 1 aromatic carbocycles. The fourth-order valence-corrected chi connectivity index (χ4v) is 2.33. The molecule has 0 bridgehead atoms. The Hall–Kier alpha value is -1.82. The van der Waals surface area contributed by atoms with Crippen LogP contribution in [0.15, 0.2) is 23.2 Å². The molecule has 0 saturated carbocycles. The average molecular weight is 295 g/mol. The average Bonchev–Trinajstić information content (AvgIpc) is 2.90. The molecule has 1 aliphatic heterocycles. The fourth-order valence-electron chi connectivity index (χ4n) is 2.33. The monoisotopic (exact) mass is 295 g/mol. The van der Waals surface area contributed by atoms with Gasteiger partial charge in [0.2, 0.25) is 0 Å². The van der Waals surface area contributed by atoms with E-state index < -0.39 is 0 Å². The smallest absolute Gasteiger partial charge is 0.194 e. The second-order valence-corrected chi connectivity index (χ2v) is 5.03. The number of halogens is 1. The van der Waals surface area contributed by atoms with Crippen LogP contribution in [0.25, 0.3) is 0 Å². The summed E-state index contributed by atoms with van der Waals surface area (Å²) in [4.78, 5) is 6.53. The van der Waals surface area contributed by atoms with Gasteiger partial charge in [-0.3, -0.25) is 0 Å². The number of aliphatic imine (C=N–C) groups is 1. The predicted octanol–water partition coefficient (Wildman–Crippen LogP) is 1.37. The Bertz CT molecular complexity index is 508. The summed E-state index contributed by atoms with van der Waals surface area (Å²) < 4.78 is 18.5. The third-order valence-corrected chi connectivity index (χ3v) is 3.43. The Kier molecular flexibility index (Phi) is 5.38. The van der Waals surface area contributed by atoms with Gasteiger partial charge in [-0.25, -0.2) is 9.38 Å². The maximum atomic E-state index is 13.6. The van der Waals surface area contributed by atoms with E-state index in [0.717, 1.165) is 31.0 Å². The lowest BCUT2D eigenvalue weighted by molar-refractivity contribution is 0.188. The molecule has 1 saturated heterocycles. The minimum Gasteiger partial charge on any atom is -0.494 e. The molecular formula is C15H22FN3O2. The first-order valence-corrected chi connectivity index (χ1v) is 7.17. The third kappa shape index (κ3) is 4.07. The summed E-state index contributed by atoms with van der Waals surface area (Å²) in [6.45, 7) is 4.50. The number of hydrogen-bond acceptors (Lipinski definition) is 3. The normalized spacial score (nSPS) is 19.0. The standard InChI is InChI=1S/C15H22FN3O2/c1-3-17-15(19-7-6-12(20)10-19)18-9-11-4-5-14(21-2)13(16)8-11/h4-5,8,12,20H,3,6-7,9-10H2,1-2H3,(H,17,18)/t12-/m1/s1. The minimum absolute atomic E-state index is 0.234. The lowest BCUT2D eigenvalue weighted by atomic mass is 10.2. The van der Waals surface area contributed by atoms with Crippen LogP contribution >= 0.6 is 0 Å². The molecule has 0 aliphatic carbocycles. The number of hydrogen-bond donors (Lipinski definition) is 2.